The summed E-state index contributed by atoms with van der Waals surface area (Å²) in [5.41, 5.74) is 1.49. The van der Waals surface area contributed by atoms with Crippen LogP contribution in [0.4, 0.5) is 0 Å². The maximum absolute atomic E-state index is 11.6. The lowest BCUT2D eigenvalue weighted by molar-refractivity contribution is -0.139. The minimum Gasteiger partial charge on any atom is -0.543 e. The van der Waals surface area contributed by atoms with Crippen LogP contribution in [-0.2, 0) is 6.42 Å². The molecule has 2 N–H and O–H groups in total. The Balaban J connectivity index is 1.62. The van der Waals surface area contributed by atoms with Crippen LogP contribution in [0.25, 0.3) is 0 Å². The van der Waals surface area contributed by atoms with Gasteiger partial charge in [-0.1, -0.05) is 26.8 Å². The molecule has 1 aromatic carbocycles. The summed E-state index contributed by atoms with van der Waals surface area (Å²) in [5, 5.41) is 22.2. The van der Waals surface area contributed by atoms with E-state index < -0.39 is 19.3 Å². The largest absolute Gasteiger partial charge is 0.543 e. The summed E-state index contributed by atoms with van der Waals surface area (Å²) in [6.07, 6.45) is 6.26. The average molecular weight is 401 g/mol. The van der Waals surface area contributed by atoms with E-state index in [1.54, 1.807) is 0 Å². The van der Waals surface area contributed by atoms with Gasteiger partial charge in [0.05, 0.1) is 16.8 Å². The van der Waals surface area contributed by atoms with Gasteiger partial charge in [-0.3, -0.25) is 0 Å². The van der Waals surface area contributed by atoms with E-state index in [2.05, 4.69) is 52.1 Å². The predicted octanol–water partition coefficient (Wildman–Crippen LogP) is 6.09. The Hall–Kier alpha value is -1.26. The number of hydrogen-bond donors (Lipinski definition) is 2. The smallest absolute Gasteiger partial charge is 0.250 e. The predicted molar refractivity (Wildman–Crippen MR) is 116 cm³/mol. The van der Waals surface area contributed by atoms with E-state index in [0.717, 1.165) is 31.4 Å². The zero-order chi connectivity index (χ0) is 20.5. The first-order valence-electron chi connectivity index (χ1n) is 10.8. The van der Waals surface area contributed by atoms with E-state index in [-0.39, 0.29) is 11.0 Å². The van der Waals surface area contributed by atoms with Gasteiger partial charge < -0.3 is 14.6 Å². The Morgan fingerprint density at radius 1 is 1.18 bits per heavy atom. The summed E-state index contributed by atoms with van der Waals surface area (Å²) in [7, 11) is -1.85. The maximum Gasteiger partial charge on any atom is 0.250 e. The molecule has 1 fully saturated rings. The van der Waals surface area contributed by atoms with Crippen molar-refractivity contribution in [1.29, 1.82) is 0 Å². The van der Waals surface area contributed by atoms with E-state index in [1.807, 2.05) is 13.0 Å². The second-order valence-corrected chi connectivity index (χ2v) is 15.8. The maximum atomic E-state index is 11.6. The molecule has 154 valence electrons. The van der Waals surface area contributed by atoms with Crippen molar-refractivity contribution in [2.45, 2.75) is 89.5 Å². The number of hydrogen-bond acceptors (Lipinski definition) is 3. The van der Waals surface area contributed by atoms with Crippen LogP contribution in [0.15, 0.2) is 30.0 Å². The minimum absolute atomic E-state index is 0.183. The van der Waals surface area contributed by atoms with Crippen LogP contribution >= 0.6 is 0 Å². The molecule has 0 heterocycles. The van der Waals surface area contributed by atoms with Crippen molar-refractivity contribution >= 4 is 8.32 Å². The molecular formula is C24H36O3Si. The summed E-state index contributed by atoms with van der Waals surface area (Å²) in [6, 6.07) is 6.65. The molecule has 0 bridgehead atoms. The lowest BCUT2D eigenvalue weighted by Crippen LogP contribution is -2.56. The monoisotopic (exact) mass is 400 g/mol. The number of rotatable bonds is 2. The molecule has 1 saturated carbocycles. The fraction of sp³-hybridized carbons (Fsp3) is 0.667. The fourth-order valence-corrected chi connectivity index (χ4v) is 6.63. The first-order valence-corrected chi connectivity index (χ1v) is 13.7. The van der Waals surface area contributed by atoms with Gasteiger partial charge in [0.1, 0.15) is 5.75 Å². The van der Waals surface area contributed by atoms with E-state index in [4.69, 9.17) is 4.43 Å². The van der Waals surface area contributed by atoms with Gasteiger partial charge in [-0.2, -0.15) is 0 Å². The van der Waals surface area contributed by atoms with Crippen LogP contribution in [0.1, 0.15) is 70.4 Å². The van der Waals surface area contributed by atoms with E-state index >= 15 is 0 Å². The zero-order valence-corrected chi connectivity index (χ0v) is 19.3. The van der Waals surface area contributed by atoms with Crippen LogP contribution in [0.2, 0.25) is 18.1 Å². The molecule has 3 aliphatic rings. The SMILES string of the molecule is CC(C)(C)[Si](C)(C)Oc1ccc2c(c1)CC[C@@H]1[C@@H]2CC[C@]2(C)C(O)=CC[C@]12O. The first-order chi connectivity index (χ1) is 12.9. The standard InChI is InChI=1S/C24H36O3Si/c1-22(2,3)28(5,6)27-17-8-9-18-16(15-17)7-10-20-19(18)11-13-23(4)21(25)12-14-24(20,23)26/h8-9,12,15,19-20,25-26H,7,10-11,13-14H2,1-6H3/t19-,20-,23-,24+/m1/s1. The van der Waals surface area contributed by atoms with Crippen LogP contribution < -0.4 is 4.43 Å². The summed E-state index contributed by atoms with van der Waals surface area (Å²) in [6.45, 7) is 13.4. The molecule has 28 heavy (non-hydrogen) atoms. The van der Waals surface area contributed by atoms with Crippen molar-refractivity contribution in [3.8, 4) is 5.75 Å². The van der Waals surface area contributed by atoms with Crippen molar-refractivity contribution in [3.05, 3.63) is 41.2 Å². The first kappa shape index (κ1) is 20.0. The quantitative estimate of drug-likeness (QED) is 0.590. The molecule has 0 amide bonds. The molecular weight excluding hydrogens is 364 g/mol. The molecule has 4 heteroatoms. The third-order valence-corrected chi connectivity index (χ3v) is 13.0. The molecule has 0 saturated heterocycles. The third kappa shape index (κ3) is 2.71. The lowest BCUT2D eigenvalue weighted by atomic mass is 9.53. The van der Waals surface area contributed by atoms with Gasteiger partial charge in [0.25, 0.3) is 0 Å². The number of fused-ring (bicyclic) bond motifs is 5. The van der Waals surface area contributed by atoms with Gasteiger partial charge >= 0.3 is 0 Å². The van der Waals surface area contributed by atoms with Crippen LogP contribution in [0.3, 0.4) is 0 Å². The van der Waals surface area contributed by atoms with Crippen molar-refractivity contribution in [2.24, 2.45) is 11.3 Å². The normalized spacial score (nSPS) is 34.9. The van der Waals surface area contributed by atoms with Crippen LogP contribution in [0, 0.1) is 11.3 Å². The third-order valence-electron chi connectivity index (χ3n) is 8.60. The molecule has 0 aliphatic heterocycles. The van der Waals surface area contributed by atoms with Crippen LogP contribution in [-0.4, -0.2) is 24.1 Å². The number of aryl methyl sites for hydroxylation is 1. The van der Waals surface area contributed by atoms with Crippen molar-refractivity contribution in [2.75, 3.05) is 0 Å². The highest BCUT2D eigenvalue weighted by molar-refractivity contribution is 6.74. The van der Waals surface area contributed by atoms with E-state index in [9.17, 15) is 10.2 Å². The van der Waals surface area contributed by atoms with Gasteiger partial charge in [-0.15, -0.1) is 0 Å². The molecule has 0 radical (unpaired) electrons. The summed E-state index contributed by atoms with van der Waals surface area (Å²) >= 11 is 0. The van der Waals surface area contributed by atoms with Crippen LogP contribution in [0.5, 0.6) is 5.75 Å². The number of benzene rings is 1. The second-order valence-electron chi connectivity index (χ2n) is 11.1. The Bertz CT molecular complexity index is 822. The van der Waals surface area contributed by atoms with Gasteiger partial charge in [0.15, 0.2) is 0 Å². The number of aliphatic hydroxyl groups excluding tert-OH is 1. The topological polar surface area (TPSA) is 49.7 Å². The highest BCUT2D eigenvalue weighted by Crippen LogP contribution is 2.62. The van der Waals surface area contributed by atoms with Gasteiger partial charge in [-0.25, -0.2) is 0 Å². The van der Waals surface area contributed by atoms with Crippen molar-refractivity contribution in [1.82, 2.24) is 0 Å². The highest BCUT2D eigenvalue weighted by atomic mass is 28.4. The second kappa shape index (κ2) is 6.12. The molecule has 4 atom stereocenters. The molecule has 0 aromatic heterocycles. The fourth-order valence-electron chi connectivity index (χ4n) is 5.60. The summed E-state index contributed by atoms with van der Waals surface area (Å²) in [4.78, 5) is 0. The Morgan fingerprint density at radius 3 is 2.57 bits per heavy atom. The lowest BCUT2D eigenvalue weighted by Gasteiger charge is -2.54. The number of aliphatic hydroxyl groups is 2. The van der Waals surface area contributed by atoms with Gasteiger partial charge in [0.2, 0.25) is 8.32 Å². The zero-order valence-electron chi connectivity index (χ0n) is 18.3. The minimum atomic E-state index is -1.85. The molecule has 0 unspecified atom stereocenters. The molecule has 0 spiro atoms. The summed E-state index contributed by atoms with van der Waals surface area (Å²) < 4.78 is 6.54. The average Bonchev–Trinajstić information content (AvgIpc) is 2.84. The Labute approximate surface area is 170 Å². The Kier molecular flexibility index (Phi) is 4.38. The highest BCUT2D eigenvalue weighted by Gasteiger charge is 2.61. The van der Waals surface area contributed by atoms with E-state index in [1.165, 1.54) is 11.1 Å². The molecule has 1 aromatic rings. The summed E-state index contributed by atoms with van der Waals surface area (Å²) in [5.74, 6) is 2.00. The van der Waals surface area contributed by atoms with Gasteiger partial charge in [-0.05, 0) is 98.3 Å². The van der Waals surface area contributed by atoms with Crippen molar-refractivity contribution < 1.29 is 14.6 Å². The van der Waals surface area contributed by atoms with E-state index in [0.29, 0.717) is 18.1 Å². The Morgan fingerprint density at radius 2 is 1.89 bits per heavy atom. The molecule has 4 rings (SSSR count). The molecule has 3 aliphatic carbocycles. The van der Waals surface area contributed by atoms with Crippen molar-refractivity contribution in [3.63, 3.8) is 0 Å². The van der Waals surface area contributed by atoms with Gasteiger partial charge in [0, 0.05) is 0 Å². The molecule has 3 nitrogen and oxygen atoms in total.